The second-order valence-electron chi connectivity index (χ2n) is 6.50. The standard InChI is InChI=1S/C15H23N3O2S/c1-15(2,3)11-9-21-14(17-11)18-12(19)5-4-8-16-13(20)10-6-7-10/h9-10H,4-8H2,1-3H3,(H,16,20)(H,17,18,19). The first-order valence-corrected chi connectivity index (χ1v) is 8.28. The van der Waals surface area contributed by atoms with Crippen LogP contribution in [0, 0.1) is 5.92 Å². The summed E-state index contributed by atoms with van der Waals surface area (Å²) in [6, 6.07) is 0. The number of hydrogen-bond donors (Lipinski definition) is 2. The lowest BCUT2D eigenvalue weighted by molar-refractivity contribution is -0.122. The summed E-state index contributed by atoms with van der Waals surface area (Å²) >= 11 is 1.45. The Bertz CT molecular complexity index is 515. The first-order chi connectivity index (χ1) is 9.86. The average Bonchev–Trinajstić information content (AvgIpc) is 3.13. The van der Waals surface area contributed by atoms with E-state index >= 15 is 0 Å². The molecule has 21 heavy (non-hydrogen) atoms. The van der Waals surface area contributed by atoms with E-state index in [0.717, 1.165) is 18.5 Å². The molecule has 1 aromatic rings. The molecule has 0 unspecified atom stereocenters. The Hall–Kier alpha value is -1.43. The molecule has 0 aromatic carbocycles. The molecule has 2 rings (SSSR count). The molecule has 5 nitrogen and oxygen atoms in total. The van der Waals surface area contributed by atoms with Gasteiger partial charge in [0.05, 0.1) is 5.69 Å². The zero-order valence-corrected chi connectivity index (χ0v) is 13.7. The number of anilines is 1. The number of nitrogens with one attached hydrogen (secondary N) is 2. The fourth-order valence-corrected chi connectivity index (χ4v) is 2.76. The highest BCUT2D eigenvalue weighted by Gasteiger charge is 2.29. The van der Waals surface area contributed by atoms with E-state index in [4.69, 9.17) is 0 Å². The van der Waals surface area contributed by atoms with Crippen LogP contribution in [0.2, 0.25) is 0 Å². The van der Waals surface area contributed by atoms with E-state index in [1.807, 2.05) is 5.38 Å². The van der Waals surface area contributed by atoms with Gasteiger partial charge in [-0.25, -0.2) is 4.98 Å². The summed E-state index contributed by atoms with van der Waals surface area (Å²) in [5, 5.41) is 8.29. The molecule has 1 fully saturated rings. The Morgan fingerprint density at radius 3 is 2.67 bits per heavy atom. The van der Waals surface area contributed by atoms with Gasteiger partial charge < -0.3 is 10.6 Å². The van der Waals surface area contributed by atoms with E-state index in [1.165, 1.54) is 11.3 Å². The molecule has 0 bridgehead atoms. The minimum Gasteiger partial charge on any atom is -0.356 e. The molecule has 0 spiro atoms. The Morgan fingerprint density at radius 2 is 2.10 bits per heavy atom. The number of nitrogens with zero attached hydrogens (tertiary/aromatic N) is 1. The number of rotatable bonds is 6. The monoisotopic (exact) mass is 309 g/mol. The second-order valence-corrected chi connectivity index (χ2v) is 7.36. The van der Waals surface area contributed by atoms with Crippen molar-refractivity contribution >= 4 is 28.3 Å². The molecule has 6 heteroatoms. The van der Waals surface area contributed by atoms with Crippen LogP contribution in [0.1, 0.15) is 52.1 Å². The lowest BCUT2D eigenvalue weighted by atomic mass is 9.93. The van der Waals surface area contributed by atoms with E-state index in [2.05, 4.69) is 36.4 Å². The summed E-state index contributed by atoms with van der Waals surface area (Å²) in [5.41, 5.74) is 0.978. The van der Waals surface area contributed by atoms with Crippen LogP contribution in [0.3, 0.4) is 0 Å². The maximum Gasteiger partial charge on any atom is 0.226 e. The lowest BCUT2D eigenvalue weighted by Gasteiger charge is -2.14. The highest BCUT2D eigenvalue weighted by atomic mass is 32.1. The van der Waals surface area contributed by atoms with Gasteiger partial charge in [-0.1, -0.05) is 20.8 Å². The zero-order valence-electron chi connectivity index (χ0n) is 12.9. The van der Waals surface area contributed by atoms with Gasteiger partial charge in [0.1, 0.15) is 0 Å². The van der Waals surface area contributed by atoms with Crippen molar-refractivity contribution in [2.45, 2.75) is 51.9 Å². The number of aromatic nitrogens is 1. The minimum atomic E-state index is -0.0505. The van der Waals surface area contributed by atoms with Crippen LogP contribution in [-0.4, -0.2) is 23.3 Å². The van der Waals surface area contributed by atoms with Crippen LogP contribution in [0.15, 0.2) is 5.38 Å². The van der Waals surface area contributed by atoms with Gasteiger partial charge in [-0.15, -0.1) is 11.3 Å². The summed E-state index contributed by atoms with van der Waals surface area (Å²) in [5.74, 6) is 0.306. The summed E-state index contributed by atoms with van der Waals surface area (Å²) in [6.07, 6.45) is 3.07. The lowest BCUT2D eigenvalue weighted by Crippen LogP contribution is -2.26. The third-order valence-corrected chi connectivity index (χ3v) is 4.10. The van der Waals surface area contributed by atoms with Crippen LogP contribution >= 0.6 is 11.3 Å². The van der Waals surface area contributed by atoms with Crippen molar-refractivity contribution in [1.29, 1.82) is 0 Å². The van der Waals surface area contributed by atoms with Gasteiger partial charge in [-0.05, 0) is 19.3 Å². The molecule has 0 saturated heterocycles. The minimum absolute atomic E-state index is 0.00737. The second kappa shape index (κ2) is 6.56. The molecule has 116 valence electrons. The molecule has 1 aliphatic carbocycles. The fourth-order valence-electron chi connectivity index (χ4n) is 1.81. The topological polar surface area (TPSA) is 71.1 Å². The average molecular weight is 309 g/mol. The Morgan fingerprint density at radius 1 is 1.38 bits per heavy atom. The smallest absolute Gasteiger partial charge is 0.226 e. The van der Waals surface area contributed by atoms with E-state index < -0.39 is 0 Å². The Balaban J connectivity index is 1.67. The predicted octanol–water partition coefficient (Wildman–Crippen LogP) is 2.69. The van der Waals surface area contributed by atoms with Crippen LogP contribution < -0.4 is 10.6 Å². The SMILES string of the molecule is CC(C)(C)c1csc(NC(=O)CCCNC(=O)C2CC2)n1. The number of carbonyl (C=O) groups is 2. The van der Waals surface area contributed by atoms with Crippen molar-refractivity contribution in [2.24, 2.45) is 5.92 Å². The van der Waals surface area contributed by atoms with Crippen LogP contribution in [0.25, 0.3) is 0 Å². The van der Waals surface area contributed by atoms with Gasteiger partial charge >= 0.3 is 0 Å². The molecule has 1 aromatic heterocycles. The highest BCUT2D eigenvalue weighted by Crippen LogP contribution is 2.28. The zero-order chi connectivity index (χ0) is 15.5. The van der Waals surface area contributed by atoms with Crippen molar-refractivity contribution in [2.75, 3.05) is 11.9 Å². The first-order valence-electron chi connectivity index (χ1n) is 7.40. The molecule has 1 saturated carbocycles. The maximum atomic E-state index is 11.8. The number of carbonyl (C=O) groups excluding carboxylic acids is 2. The van der Waals surface area contributed by atoms with Gasteiger partial charge in [0, 0.05) is 29.7 Å². The van der Waals surface area contributed by atoms with Crippen LogP contribution in [-0.2, 0) is 15.0 Å². The molecule has 0 radical (unpaired) electrons. The van der Waals surface area contributed by atoms with Crippen molar-refractivity contribution in [3.63, 3.8) is 0 Å². The highest BCUT2D eigenvalue weighted by molar-refractivity contribution is 7.13. The van der Waals surface area contributed by atoms with E-state index in [9.17, 15) is 9.59 Å². The maximum absolute atomic E-state index is 11.8. The van der Waals surface area contributed by atoms with Crippen molar-refractivity contribution in [3.8, 4) is 0 Å². The van der Waals surface area contributed by atoms with E-state index in [0.29, 0.717) is 24.5 Å². The first kappa shape index (κ1) is 15.9. The summed E-state index contributed by atoms with van der Waals surface area (Å²) in [4.78, 5) is 27.6. The largest absolute Gasteiger partial charge is 0.356 e. The van der Waals surface area contributed by atoms with Gasteiger partial charge in [0.15, 0.2) is 5.13 Å². The van der Waals surface area contributed by atoms with Crippen molar-refractivity contribution < 1.29 is 9.59 Å². The summed E-state index contributed by atoms with van der Waals surface area (Å²) in [7, 11) is 0. The fraction of sp³-hybridized carbons (Fsp3) is 0.667. The molecule has 2 amide bonds. The molecule has 0 atom stereocenters. The quantitative estimate of drug-likeness (QED) is 0.794. The van der Waals surface area contributed by atoms with E-state index in [-0.39, 0.29) is 23.1 Å². The van der Waals surface area contributed by atoms with Gasteiger partial charge in [-0.3, -0.25) is 9.59 Å². The Kier molecular flexibility index (Phi) is 4.98. The number of thiazole rings is 1. The predicted molar refractivity (Wildman–Crippen MR) is 84.4 cm³/mol. The molecular formula is C15H23N3O2S. The number of amides is 2. The normalized spacial score (nSPS) is 14.8. The third kappa shape index (κ3) is 5.12. The summed E-state index contributed by atoms with van der Waals surface area (Å²) < 4.78 is 0. The van der Waals surface area contributed by atoms with Gasteiger partial charge in [0.25, 0.3) is 0 Å². The molecule has 1 aliphatic rings. The Labute approximate surface area is 129 Å². The molecular weight excluding hydrogens is 286 g/mol. The van der Waals surface area contributed by atoms with Crippen molar-refractivity contribution in [1.82, 2.24) is 10.3 Å². The molecule has 0 aliphatic heterocycles. The van der Waals surface area contributed by atoms with Gasteiger partial charge in [0.2, 0.25) is 11.8 Å². The van der Waals surface area contributed by atoms with E-state index in [1.54, 1.807) is 0 Å². The molecule has 1 heterocycles. The summed E-state index contributed by atoms with van der Waals surface area (Å²) in [6.45, 7) is 6.84. The molecule has 2 N–H and O–H groups in total. The third-order valence-electron chi connectivity index (χ3n) is 3.35. The van der Waals surface area contributed by atoms with Crippen molar-refractivity contribution in [3.05, 3.63) is 11.1 Å². The van der Waals surface area contributed by atoms with Gasteiger partial charge in [-0.2, -0.15) is 0 Å². The van der Waals surface area contributed by atoms with Crippen LogP contribution in [0.4, 0.5) is 5.13 Å². The van der Waals surface area contributed by atoms with Crippen LogP contribution in [0.5, 0.6) is 0 Å². The number of hydrogen-bond acceptors (Lipinski definition) is 4.